The lowest BCUT2D eigenvalue weighted by Crippen LogP contribution is -2.13. The smallest absolute Gasteiger partial charge is 0.253 e. The Balaban J connectivity index is 3.20. The second kappa shape index (κ2) is 6.19. The highest BCUT2D eigenvalue weighted by Gasteiger charge is 2.23. The summed E-state index contributed by atoms with van der Waals surface area (Å²) in [5, 5.41) is 0.484. The lowest BCUT2D eigenvalue weighted by molar-refractivity contribution is 0.118. The van der Waals surface area contributed by atoms with Crippen molar-refractivity contribution in [1.82, 2.24) is 5.48 Å². The number of hydroxylamine groups is 1. The number of nitrogens with one attached hydrogen (secondary N) is 1. The van der Waals surface area contributed by atoms with Crippen LogP contribution >= 0.6 is 7.37 Å². The third-order valence-electron chi connectivity index (χ3n) is 2.54. The van der Waals surface area contributed by atoms with E-state index in [1.807, 2.05) is 26.0 Å². The van der Waals surface area contributed by atoms with E-state index in [1.165, 1.54) is 12.9 Å². The molecule has 1 unspecified atom stereocenters. The predicted molar refractivity (Wildman–Crippen MR) is 73.9 cm³/mol. The number of allylic oxidation sites excluding steroid dienone is 1. The molecular formula is C13H20NO3P. The van der Waals surface area contributed by atoms with Crippen LogP contribution in [0, 0.1) is 0 Å². The Hall–Kier alpha value is -1.09. The van der Waals surface area contributed by atoms with Gasteiger partial charge in [0.25, 0.3) is 7.37 Å². The van der Waals surface area contributed by atoms with Crippen LogP contribution in [0.15, 0.2) is 35.8 Å². The molecule has 0 aliphatic carbocycles. The van der Waals surface area contributed by atoms with Gasteiger partial charge in [-0.3, -0.25) is 14.9 Å². The third-order valence-corrected chi connectivity index (χ3v) is 4.37. The van der Waals surface area contributed by atoms with Gasteiger partial charge in [0.1, 0.15) is 0 Å². The average molecular weight is 269 g/mol. The van der Waals surface area contributed by atoms with E-state index >= 15 is 0 Å². The number of rotatable bonds is 5. The van der Waals surface area contributed by atoms with E-state index in [2.05, 4.69) is 5.48 Å². The molecule has 0 saturated heterocycles. The molecule has 0 radical (unpaired) electrons. The molecule has 1 rings (SSSR count). The highest BCUT2D eigenvalue weighted by atomic mass is 31.2. The quantitative estimate of drug-likeness (QED) is 0.637. The van der Waals surface area contributed by atoms with E-state index in [0.29, 0.717) is 11.0 Å². The molecule has 0 fully saturated rings. The van der Waals surface area contributed by atoms with Gasteiger partial charge in [0.15, 0.2) is 0 Å². The fraction of sp³-hybridized carbons (Fsp3) is 0.385. The molecule has 0 bridgehead atoms. The molecule has 2 N–H and O–H groups in total. The molecule has 0 saturated carbocycles. The Morgan fingerprint density at radius 1 is 1.44 bits per heavy atom. The summed E-state index contributed by atoms with van der Waals surface area (Å²) < 4.78 is 12.4. The Labute approximate surface area is 108 Å². The maximum absolute atomic E-state index is 12.4. The van der Waals surface area contributed by atoms with Gasteiger partial charge in [-0.25, -0.2) is 0 Å². The molecule has 0 amide bonds. The number of benzene rings is 1. The average Bonchev–Trinajstić information content (AvgIpc) is 2.28. The molecule has 4 nitrogen and oxygen atoms in total. The number of hydrogen-bond donors (Lipinski definition) is 2. The van der Waals surface area contributed by atoms with E-state index in [-0.39, 0.29) is 5.92 Å². The molecule has 0 aliphatic heterocycles. The fourth-order valence-corrected chi connectivity index (χ4v) is 3.51. The van der Waals surface area contributed by atoms with Crippen LogP contribution in [0.4, 0.5) is 0 Å². The Bertz CT molecular complexity index is 483. The highest BCUT2D eigenvalue weighted by Crippen LogP contribution is 2.43. The van der Waals surface area contributed by atoms with Crippen LogP contribution in [0.1, 0.15) is 32.3 Å². The van der Waals surface area contributed by atoms with Crippen LogP contribution < -0.4 is 10.8 Å². The first-order chi connectivity index (χ1) is 8.38. The molecule has 5 heteroatoms. The van der Waals surface area contributed by atoms with Crippen molar-refractivity contribution in [2.75, 3.05) is 7.11 Å². The molecule has 100 valence electrons. The molecule has 0 heterocycles. The third kappa shape index (κ3) is 3.70. The molecule has 1 aromatic rings. The largest absolute Gasteiger partial charge is 0.338 e. The van der Waals surface area contributed by atoms with Gasteiger partial charge in [-0.05, 0) is 24.5 Å². The topological polar surface area (TPSA) is 58.6 Å². The van der Waals surface area contributed by atoms with Crippen molar-refractivity contribution in [3.8, 4) is 0 Å². The summed E-state index contributed by atoms with van der Waals surface area (Å²) in [6.45, 7) is 5.69. The molecule has 0 aliphatic rings. The first-order valence-electron chi connectivity index (χ1n) is 5.79. The zero-order valence-corrected chi connectivity index (χ0v) is 12.1. The zero-order chi connectivity index (χ0) is 13.8. The normalized spacial score (nSPS) is 15.6. The molecule has 18 heavy (non-hydrogen) atoms. The van der Waals surface area contributed by atoms with Gasteiger partial charge in [0, 0.05) is 16.8 Å². The van der Waals surface area contributed by atoms with Crippen molar-refractivity contribution in [3.63, 3.8) is 0 Å². The first kappa shape index (κ1) is 15.0. The van der Waals surface area contributed by atoms with Gasteiger partial charge in [-0.2, -0.15) is 0 Å². The second-order valence-electron chi connectivity index (χ2n) is 4.45. The molecule has 0 spiro atoms. The maximum Gasteiger partial charge on any atom is 0.253 e. The minimum atomic E-state index is -3.53. The number of hydrogen-bond acceptors (Lipinski definition) is 3. The van der Waals surface area contributed by atoms with Crippen LogP contribution in [0.3, 0.4) is 0 Å². The maximum atomic E-state index is 12.4. The van der Waals surface area contributed by atoms with Gasteiger partial charge in [-0.15, -0.1) is 0 Å². The van der Waals surface area contributed by atoms with Crippen LogP contribution in [-0.2, 0) is 9.40 Å². The van der Waals surface area contributed by atoms with E-state index in [1.54, 1.807) is 19.1 Å². The standard InChI is InChI=1S/C13H20NO3P/c1-10(2)12-7-5-6-8-13(12)18(15,16)9-11(3)14-17-4/h5-10,14H,1-4H3,(H,15,16). The summed E-state index contributed by atoms with van der Waals surface area (Å²) in [5.74, 6) is 1.52. The van der Waals surface area contributed by atoms with Crippen LogP contribution in [0.25, 0.3) is 0 Å². The summed E-state index contributed by atoms with van der Waals surface area (Å²) in [6.07, 6.45) is 0. The minimum Gasteiger partial charge on any atom is -0.338 e. The lowest BCUT2D eigenvalue weighted by atomic mass is 10.0. The van der Waals surface area contributed by atoms with E-state index in [9.17, 15) is 9.46 Å². The van der Waals surface area contributed by atoms with E-state index in [4.69, 9.17) is 4.84 Å². The van der Waals surface area contributed by atoms with E-state index in [0.717, 1.165) is 5.56 Å². The summed E-state index contributed by atoms with van der Waals surface area (Å²) >= 11 is 0. The predicted octanol–water partition coefficient (Wildman–Crippen LogP) is 2.72. The van der Waals surface area contributed by atoms with Gasteiger partial charge in [0.05, 0.1) is 7.11 Å². The fourth-order valence-electron chi connectivity index (χ4n) is 1.79. The van der Waals surface area contributed by atoms with Gasteiger partial charge in [-0.1, -0.05) is 32.0 Å². The highest BCUT2D eigenvalue weighted by molar-refractivity contribution is 7.69. The minimum absolute atomic E-state index is 0.200. The van der Waals surface area contributed by atoms with E-state index < -0.39 is 7.37 Å². The van der Waals surface area contributed by atoms with Crippen LogP contribution in [0.5, 0.6) is 0 Å². The summed E-state index contributed by atoms with van der Waals surface area (Å²) in [5.41, 5.74) is 3.96. The monoisotopic (exact) mass is 269 g/mol. The van der Waals surface area contributed by atoms with Gasteiger partial charge >= 0.3 is 0 Å². The van der Waals surface area contributed by atoms with Crippen molar-refractivity contribution >= 4 is 12.7 Å². The Morgan fingerprint density at radius 2 is 2.06 bits per heavy atom. The van der Waals surface area contributed by atoms with Gasteiger partial charge < -0.3 is 4.89 Å². The Morgan fingerprint density at radius 3 is 2.61 bits per heavy atom. The van der Waals surface area contributed by atoms with Crippen molar-refractivity contribution in [2.24, 2.45) is 0 Å². The van der Waals surface area contributed by atoms with Crippen LogP contribution in [0.2, 0.25) is 0 Å². The zero-order valence-electron chi connectivity index (χ0n) is 11.2. The summed E-state index contributed by atoms with van der Waals surface area (Å²) in [7, 11) is -2.07. The molecule has 0 aromatic heterocycles. The van der Waals surface area contributed by atoms with Crippen molar-refractivity contribution in [3.05, 3.63) is 41.3 Å². The summed E-state index contributed by atoms with van der Waals surface area (Å²) in [6, 6.07) is 7.24. The SMILES string of the molecule is CONC(C)=CP(=O)(O)c1ccccc1C(C)C. The lowest BCUT2D eigenvalue weighted by Gasteiger charge is -2.16. The van der Waals surface area contributed by atoms with Crippen molar-refractivity contribution < 1.29 is 14.3 Å². The summed E-state index contributed by atoms with van der Waals surface area (Å²) in [4.78, 5) is 14.9. The molecule has 1 atom stereocenters. The van der Waals surface area contributed by atoms with Crippen LogP contribution in [-0.4, -0.2) is 12.0 Å². The molecular weight excluding hydrogens is 249 g/mol. The van der Waals surface area contributed by atoms with Crippen molar-refractivity contribution in [1.29, 1.82) is 0 Å². The molecule has 1 aromatic carbocycles. The first-order valence-corrected chi connectivity index (χ1v) is 7.51. The van der Waals surface area contributed by atoms with Crippen molar-refractivity contribution in [2.45, 2.75) is 26.7 Å². The Kier molecular flexibility index (Phi) is 5.15. The second-order valence-corrected chi connectivity index (χ2v) is 6.44. The van der Waals surface area contributed by atoms with Gasteiger partial charge in [0.2, 0.25) is 0 Å².